The van der Waals surface area contributed by atoms with Gasteiger partial charge >= 0.3 is 6.18 Å². The van der Waals surface area contributed by atoms with E-state index in [0.717, 1.165) is 23.4 Å². The Morgan fingerprint density at radius 2 is 1.70 bits per heavy atom. The minimum atomic E-state index is -4.28. The first-order chi connectivity index (χ1) is 9.45. The quantitative estimate of drug-likeness (QED) is 0.848. The monoisotopic (exact) mass is 280 g/mol. The molecule has 0 aliphatic heterocycles. The SMILES string of the molecule is CN(Cc1ccc(C(F)(F)F)cc1)Cc1ccccn1. The zero-order valence-electron chi connectivity index (χ0n) is 11.1. The van der Waals surface area contributed by atoms with Crippen molar-refractivity contribution in [3.8, 4) is 0 Å². The Morgan fingerprint density at radius 3 is 2.25 bits per heavy atom. The Hall–Kier alpha value is -1.88. The summed E-state index contributed by atoms with van der Waals surface area (Å²) in [6.07, 6.45) is -2.56. The molecule has 2 rings (SSSR count). The van der Waals surface area contributed by atoms with Crippen molar-refractivity contribution >= 4 is 0 Å². The third kappa shape index (κ3) is 4.06. The highest BCUT2D eigenvalue weighted by atomic mass is 19.4. The van der Waals surface area contributed by atoms with Crippen LogP contribution in [0.3, 0.4) is 0 Å². The van der Waals surface area contributed by atoms with E-state index in [1.54, 1.807) is 6.20 Å². The molecule has 0 saturated heterocycles. The van der Waals surface area contributed by atoms with E-state index < -0.39 is 11.7 Å². The smallest absolute Gasteiger partial charge is 0.296 e. The number of benzene rings is 1. The van der Waals surface area contributed by atoms with Gasteiger partial charge in [-0.15, -0.1) is 0 Å². The average Bonchev–Trinajstić information content (AvgIpc) is 2.39. The summed E-state index contributed by atoms with van der Waals surface area (Å²) < 4.78 is 37.4. The molecular formula is C15H15F3N2. The minimum absolute atomic E-state index is 0.578. The zero-order chi connectivity index (χ0) is 14.6. The summed E-state index contributed by atoms with van der Waals surface area (Å²) in [5.41, 5.74) is 1.16. The number of hydrogen-bond donors (Lipinski definition) is 0. The standard InChI is InChI=1S/C15H15F3N2/c1-20(11-14-4-2-3-9-19-14)10-12-5-7-13(8-6-12)15(16,17)18/h2-9H,10-11H2,1H3. The molecule has 0 saturated carbocycles. The highest BCUT2D eigenvalue weighted by Gasteiger charge is 2.29. The summed E-state index contributed by atoms with van der Waals surface area (Å²) in [6, 6.07) is 10.9. The average molecular weight is 280 g/mol. The van der Waals surface area contributed by atoms with Crippen LogP contribution in [0.4, 0.5) is 13.2 Å². The number of rotatable bonds is 4. The van der Waals surface area contributed by atoms with E-state index in [4.69, 9.17) is 0 Å². The van der Waals surface area contributed by atoms with E-state index in [9.17, 15) is 13.2 Å². The second kappa shape index (κ2) is 6.05. The Labute approximate surface area is 115 Å². The van der Waals surface area contributed by atoms with Gasteiger partial charge in [-0.25, -0.2) is 0 Å². The third-order valence-electron chi connectivity index (χ3n) is 2.89. The molecule has 106 valence electrons. The van der Waals surface area contributed by atoms with E-state index in [1.807, 2.05) is 30.1 Å². The normalized spacial score (nSPS) is 11.8. The predicted molar refractivity (Wildman–Crippen MR) is 70.9 cm³/mol. The van der Waals surface area contributed by atoms with Gasteiger partial charge in [-0.05, 0) is 36.9 Å². The fraction of sp³-hybridized carbons (Fsp3) is 0.267. The summed E-state index contributed by atoms with van der Waals surface area (Å²) >= 11 is 0. The van der Waals surface area contributed by atoms with Crippen LogP contribution >= 0.6 is 0 Å². The topological polar surface area (TPSA) is 16.1 Å². The fourth-order valence-electron chi connectivity index (χ4n) is 1.93. The van der Waals surface area contributed by atoms with E-state index in [0.29, 0.717) is 13.1 Å². The summed E-state index contributed by atoms with van der Waals surface area (Å²) in [6.45, 7) is 1.23. The van der Waals surface area contributed by atoms with Gasteiger partial charge in [0.25, 0.3) is 0 Å². The van der Waals surface area contributed by atoms with Crippen molar-refractivity contribution in [1.29, 1.82) is 0 Å². The Bertz CT molecular complexity index is 535. The first-order valence-corrected chi connectivity index (χ1v) is 6.20. The van der Waals surface area contributed by atoms with Crippen molar-refractivity contribution in [3.05, 3.63) is 65.5 Å². The van der Waals surface area contributed by atoms with Gasteiger partial charge in [0.2, 0.25) is 0 Å². The van der Waals surface area contributed by atoms with Gasteiger partial charge in [-0.1, -0.05) is 18.2 Å². The molecular weight excluding hydrogens is 265 g/mol. The molecule has 0 spiro atoms. The molecule has 2 nitrogen and oxygen atoms in total. The molecule has 0 aliphatic rings. The van der Waals surface area contributed by atoms with Crippen LogP contribution in [-0.2, 0) is 19.3 Å². The lowest BCUT2D eigenvalue weighted by Crippen LogP contribution is -2.18. The van der Waals surface area contributed by atoms with Crippen molar-refractivity contribution < 1.29 is 13.2 Å². The molecule has 5 heteroatoms. The number of hydrogen-bond acceptors (Lipinski definition) is 2. The number of aromatic nitrogens is 1. The van der Waals surface area contributed by atoms with Gasteiger partial charge in [0.1, 0.15) is 0 Å². The van der Waals surface area contributed by atoms with Crippen LogP contribution in [-0.4, -0.2) is 16.9 Å². The summed E-state index contributed by atoms with van der Waals surface area (Å²) in [7, 11) is 1.91. The Morgan fingerprint density at radius 1 is 1.00 bits per heavy atom. The second-order valence-corrected chi connectivity index (χ2v) is 4.69. The maximum Gasteiger partial charge on any atom is 0.416 e. The highest BCUT2D eigenvalue weighted by molar-refractivity contribution is 5.24. The van der Waals surface area contributed by atoms with E-state index in [2.05, 4.69) is 4.98 Å². The van der Waals surface area contributed by atoms with Crippen molar-refractivity contribution in [2.24, 2.45) is 0 Å². The van der Waals surface area contributed by atoms with Crippen molar-refractivity contribution in [3.63, 3.8) is 0 Å². The number of halogens is 3. The van der Waals surface area contributed by atoms with Crippen molar-refractivity contribution in [1.82, 2.24) is 9.88 Å². The predicted octanol–water partition coefficient (Wildman–Crippen LogP) is 3.73. The number of alkyl halides is 3. The molecule has 0 fully saturated rings. The first-order valence-electron chi connectivity index (χ1n) is 6.20. The lowest BCUT2D eigenvalue weighted by Gasteiger charge is -2.16. The molecule has 0 bridgehead atoms. The summed E-state index contributed by atoms with van der Waals surface area (Å²) in [4.78, 5) is 6.22. The molecule has 1 aromatic carbocycles. The minimum Gasteiger partial charge on any atom is -0.296 e. The lowest BCUT2D eigenvalue weighted by atomic mass is 10.1. The molecule has 20 heavy (non-hydrogen) atoms. The molecule has 0 N–H and O–H groups in total. The molecule has 1 aromatic heterocycles. The zero-order valence-corrected chi connectivity index (χ0v) is 11.1. The molecule has 0 atom stereocenters. The molecule has 2 aromatic rings. The van der Waals surface area contributed by atoms with E-state index >= 15 is 0 Å². The second-order valence-electron chi connectivity index (χ2n) is 4.69. The molecule has 0 radical (unpaired) electrons. The van der Waals surface area contributed by atoms with Crippen LogP contribution in [0.1, 0.15) is 16.8 Å². The van der Waals surface area contributed by atoms with Crippen LogP contribution < -0.4 is 0 Å². The lowest BCUT2D eigenvalue weighted by molar-refractivity contribution is -0.137. The van der Waals surface area contributed by atoms with Crippen molar-refractivity contribution in [2.45, 2.75) is 19.3 Å². The first kappa shape index (κ1) is 14.5. The van der Waals surface area contributed by atoms with Gasteiger partial charge in [-0.3, -0.25) is 9.88 Å². The largest absolute Gasteiger partial charge is 0.416 e. The van der Waals surface area contributed by atoms with Gasteiger partial charge < -0.3 is 0 Å². The van der Waals surface area contributed by atoms with E-state index in [-0.39, 0.29) is 0 Å². The summed E-state index contributed by atoms with van der Waals surface area (Å²) in [5, 5.41) is 0. The maximum atomic E-state index is 12.5. The number of pyridine rings is 1. The molecule has 0 aliphatic carbocycles. The maximum absolute atomic E-state index is 12.5. The highest BCUT2D eigenvalue weighted by Crippen LogP contribution is 2.29. The summed E-state index contributed by atoms with van der Waals surface area (Å²) in [5.74, 6) is 0. The van der Waals surface area contributed by atoms with Crippen LogP contribution in [0, 0.1) is 0 Å². The Kier molecular flexibility index (Phi) is 4.39. The molecule has 0 amide bonds. The van der Waals surface area contributed by atoms with E-state index in [1.165, 1.54) is 12.1 Å². The van der Waals surface area contributed by atoms with Crippen LogP contribution in [0.25, 0.3) is 0 Å². The van der Waals surface area contributed by atoms with Gasteiger partial charge in [0.05, 0.1) is 11.3 Å². The van der Waals surface area contributed by atoms with Gasteiger partial charge in [-0.2, -0.15) is 13.2 Å². The third-order valence-corrected chi connectivity index (χ3v) is 2.89. The van der Waals surface area contributed by atoms with Crippen LogP contribution in [0.2, 0.25) is 0 Å². The molecule has 1 heterocycles. The van der Waals surface area contributed by atoms with Gasteiger partial charge in [0, 0.05) is 19.3 Å². The van der Waals surface area contributed by atoms with Crippen LogP contribution in [0.15, 0.2) is 48.7 Å². The van der Waals surface area contributed by atoms with Crippen LogP contribution in [0.5, 0.6) is 0 Å². The number of nitrogens with zero attached hydrogens (tertiary/aromatic N) is 2. The van der Waals surface area contributed by atoms with Crippen molar-refractivity contribution in [2.75, 3.05) is 7.05 Å². The van der Waals surface area contributed by atoms with Gasteiger partial charge in [0.15, 0.2) is 0 Å². The fourth-order valence-corrected chi connectivity index (χ4v) is 1.93. The molecule has 0 unspecified atom stereocenters. The Balaban J connectivity index is 1.96.